The first-order valence-electron chi connectivity index (χ1n) is 6.05. The van der Waals surface area contributed by atoms with E-state index in [1.165, 1.54) is 25.0 Å². The monoisotopic (exact) mass is 258 g/mol. The molecular formula is C13H17F3N2. The number of hydrogen-bond donors (Lipinski definition) is 2. The van der Waals surface area contributed by atoms with E-state index < -0.39 is 11.7 Å². The van der Waals surface area contributed by atoms with Crippen LogP contribution in [0.2, 0.25) is 0 Å². The maximum absolute atomic E-state index is 12.6. The second-order valence-corrected chi connectivity index (χ2v) is 4.97. The largest absolute Gasteiger partial charge is 0.416 e. The number of hydrazine groups is 1. The van der Waals surface area contributed by atoms with Crippen LogP contribution in [0.3, 0.4) is 0 Å². The zero-order chi connectivity index (χ0) is 13.3. The van der Waals surface area contributed by atoms with Crippen molar-refractivity contribution in [2.45, 2.75) is 38.4 Å². The molecule has 1 aromatic rings. The van der Waals surface area contributed by atoms with E-state index in [0.29, 0.717) is 11.5 Å². The molecule has 1 fully saturated rings. The summed E-state index contributed by atoms with van der Waals surface area (Å²) in [5, 5.41) is 0. The van der Waals surface area contributed by atoms with E-state index in [0.717, 1.165) is 18.1 Å². The number of hydrogen-bond acceptors (Lipinski definition) is 2. The summed E-state index contributed by atoms with van der Waals surface area (Å²) < 4.78 is 37.7. The van der Waals surface area contributed by atoms with E-state index >= 15 is 0 Å². The molecule has 1 aliphatic rings. The molecule has 100 valence electrons. The van der Waals surface area contributed by atoms with Gasteiger partial charge in [0, 0.05) is 6.04 Å². The molecule has 0 heterocycles. The van der Waals surface area contributed by atoms with Gasteiger partial charge < -0.3 is 0 Å². The maximum atomic E-state index is 12.6. The molecule has 0 saturated heterocycles. The SMILES string of the molecule is Cc1cc(C(F)(F)F)ccc1C(CC1CC1)NN. The van der Waals surface area contributed by atoms with Crippen LogP contribution in [0, 0.1) is 12.8 Å². The van der Waals surface area contributed by atoms with Gasteiger partial charge in [-0.15, -0.1) is 0 Å². The molecule has 2 nitrogen and oxygen atoms in total. The predicted molar refractivity (Wildman–Crippen MR) is 63.6 cm³/mol. The molecule has 0 bridgehead atoms. The third-order valence-electron chi connectivity index (χ3n) is 3.44. The van der Waals surface area contributed by atoms with Crippen LogP contribution < -0.4 is 11.3 Å². The highest BCUT2D eigenvalue weighted by atomic mass is 19.4. The lowest BCUT2D eigenvalue weighted by atomic mass is 9.95. The smallest absolute Gasteiger partial charge is 0.271 e. The normalized spacial score (nSPS) is 17.8. The number of benzene rings is 1. The number of nitrogens with two attached hydrogens (primary N) is 1. The van der Waals surface area contributed by atoms with Gasteiger partial charge in [0.15, 0.2) is 0 Å². The van der Waals surface area contributed by atoms with Crippen LogP contribution >= 0.6 is 0 Å². The fraction of sp³-hybridized carbons (Fsp3) is 0.538. The van der Waals surface area contributed by atoms with Gasteiger partial charge in [-0.05, 0) is 42.5 Å². The second-order valence-electron chi connectivity index (χ2n) is 4.97. The van der Waals surface area contributed by atoms with Crippen LogP contribution in [0.15, 0.2) is 18.2 Å². The molecule has 18 heavy (non-hydrogen) atoms. The molecule has 0 amide bonds. The van der Waals surface area contributed by atoms with Gasteiger partial charge in [-0.25, -0.2) is 0 Å². The van der Waals surface area contributed by atoms with E-state index in [1.54, 1.807) is 6.92 Å². The molecular weight excluding hydrogens is 241 g/mol. The molecule has 0 spiro atoms. The van der Waals surface area contributed by atoms with E-state index in [1.807, 2.05) is 0 Å². The lowest BCUT2D eigenvalue weighted by Gasteiger charge is -2.19. The fourth-order valence-electron chi connectivity index (χ4n) is 2.21. The highest BCUT2D eigenvalue weighted by Gasteiger charge is 2.32. The minimum Gasteiger partial charge on any atom is -0.271 e. The Morgan fingerprint density at radius 2 is 2.06 bits per heavy atom. The van der Waals surface area contributed by atoms with Gasteiger partial charge >= 0.3 is 6.18 Å². The summed E-state index contributed by atoms with van der Waals surface area (Å²) in [5.41, 5.74) is 3.59. The molecule has 2 rings (SSSR count). The quantitative estimate of drug-likeness (QED) is 0.642. The van der Waals surface area contributed by atoms with E-state index in [-0.39, 0.29) is 6.04 Å². The molecule has 3 N–H and O–H groups in total. The fourth-order valence-corrected chi connectivity index (χ4v) is 2.21. The second kappa shape index (κ2) is 4.90. The molecule has 0 aliphatic heterocycles. The van der Waals surface area contributed by atoms with Gasteiger partial charge in [-0.2, -0.15) is 13.2 Å². The average Bonchev–Trinajstić information content (AvgIpc) is 3.09. The number of aryl methyl sites for hydroxylation is 1. The third-order valence-corrected chi connectivity index (χ3v) is 3.44. The maximum Gasteiger partial charge on any atom is 0.416 e. The van der Waals surface area contributed by atoms with Crippen LogP contribution in [-0.2, 0) is 6.18 Å². The number of nitrogens with one attached hydrogen (secondary N) is 1. The zero-order valence-electron chi connectivity index (χ0n) is 10.2. The average molecular weight is 258 g/mol. The first-order chi connectivity index (χ1) is 8.41. The van der Waals surface area contributed by atoms with Crippen molar-refractivity contribution in [2.24, 2.45) is 11.8 Å². The summed E-state index contributed by atoms with van der Waals surface area (Å²) in [6, 6.07) is 3.79. The summed E-state index contributed by atoms with van der Waals surface area (Å²) in [7, 11) is 0. The minimum atomic E-state index is -4.29. The van der Waals surface area contributed by atoms with Crippen LogP contribution in [0.25, 0.3) is 0 Å². The molecule has 5 heteroatoms. The summed E-state index contributed by atoms with van der Waals surface area (Å²) in [4.78, 5) is 0. The van der Waals surface area contributed by atoms with Gasteiger partial charge in [0.05, 0.1) is 5.56 Å². The Labute approximate surface area is 104 Å². The van der Waals surface area contributed by atoms with Crippen molar-refractivity contribution in [3.63, 3.8) is 0 Å². The van der Waals surface area contributed by atoms with Gasteiger partial charge in [-0.3, -0.25) is 11.3 Å². The van der Waals surface area contributed by atoms with Gasteiger partial charge in [0.25, 0.3) is 0 Å². The predicted octanol–water partition coefficient (Wildman–Crippen LogP) is 3.32. The van der Waals surface area contributed by atoms with Crippen molar-refractivity contribution in [3.8, 4) is 0 Å². The summed E-state index contributed by atoms with van der Waals surface area (Å²) in [6.45, 7) is 1.70. The lowest BCUT2D eigenvalue weighted by molar-refractivity contribution is -0.137. The van der Waals surface area contributed by atoms with Crippen LogP contribution in [0.4, 0.5) is 13.2 Å². The van der Waals surface area contributed by atoms with E-state index in [4.69, 9.17) is 5.84 Å². The zero-order valence-corrected chi connectivity index (χ0v) is 10.2. The van der Waals surface area contributed by atoms with Crippen molar-refractivity contribution in [1.29, 1.82) is 0 Å². The Morgan fingerprint density at radius 3 is 2.50 bits per heavy atom. The number of alkyl halides is 3. The highest BCUT2D eigenvalue weighted by molar-refractivity contribution is 5.34. The van der Waals surface area contributed by atoms with Gasteiger partial charge in [-0.1, -0.05) is 18.9 Å². The van der Waals surface area contributed by atoms with Crippen molar-refractivity contribution in [3.05, 3.63) is 34.9 Å². The molecule has 1 atom stereocenters. The molecule has 1 unspecified atom stereocenters. The van der Waals surface area contributed by atoms with Crippen LogP contribution in [0.1, 0.15) is 42.0 Å². The Bertz CT molecular complexity index is 425. The number of halogens is 3. The Kier molecular flexibility index (Phi) is 3.64. The first kappa shape index (κ1) is 13.4. The molecule has 0 radical (unpaired) electrons. The van der Waals surface area contributed by atoms with E-state index in [2.05, 4.69) is 5.43 Å². The van der Waals surface area contributed by atoms with Crippen LogP contribution in [0.5, 0.6) is 0 Å². The first-order valence-corrected chi connectivity index (χ1v) is 6.05. The minimum absolute atomic E-state index is 0.0558. The Balaban J connectivity index is 2.22. The Morgan fingerprint density at radius 1 is 1.39 bits per heavy atom. The summed E-state index contributed by atoms with van der Waals surface area (Å²) in [6.07, 6.45) is -1.01. The van der Waals surface area contributed by atoms with Crippen molar-refractivity contribution < 1.29 is 13.2 Å². The molecule has 1 aliphatic carbocycles. The van der Waals surface area contributed by atoms with Gasteiger partial charge in [0.2, 0.25) is 0 Å². The summed E-state index contributed by atoms with van der Waals surface area (Å²) in [5.74, 6) is 6.16. The molecule has 1 aromatic carbocycles. The van der Waals surface area contributed by atoms with E-state index in [9.17, 15) is 13.2 Å². The van der Waals surface area contributed by atoms with Gasteiger partial charge in [0.1, 0.15) is 0 Å². The third kappa shape index (κ3) is 3.03. The van der Waals surface area contributed by atoms with Crippen LogP contribution in [-0.4, -0.2) is 0 Å². The Hall–Kier alpha value is -1.07. The van der Waals surface area contributed by atoms with Crippen molar-refractivity contribution in [1.82, 2.24) is 5.43 Å². The van der Waals surface area contributed by atoms with Crippen molar-refractivity contribution in [2.75, 3.05) is 0 Å². The standard InChI is InChI=1S/C13H17F3N2/c1-8-6-10(13(14,15)16)4-5-11(8)12(18-17)7-9-2-3-9/h4-6,9,12,18H,2-3,7,17H2,1H3. The van der Waals surface area contributed by atoms with Crippen molar-refractivity contribution >= 4 is 0 Å². The lowest BCUT2D eigenvalue weighted by Crippen LogP contribution is -2.29. The molecule has 1 saturated carbocycles. The number of rotatable bonds is 4. The summed E-state index contributed by atoms with van der Waals surface area (Å²) >= 11 is 0. The highest BCUT2D eigenvalue weighted by Crippen LogP contribution is 2.39. The molecule has 0 aromatic heterocycles. The topological polar surface area (TPSA) is 38.0 Å².